The van der Waals surface area contributed by atoms with Gasteiger partial charge in [-0.1, -0.05) is 6.42 Å². The monoisotopic (exact) mass is 336 g/mol. The van der Waals surface area contributed by atoms with E-state index in [1.807, 2.05) is 6.92 Å². The molecule has 22 heavy (non-hydrogen) atoms. The van der Waals surface area contributed by atoms with Crippen LogP contribution in [0.3, 0.4) is 0 Å². The molecule has 1 aromatic carbocycles. The fourth-order valence-corrected chi connectivity index (χ4v) is 4.36. The molecule has 0 aromatic heterocycles. The Balaban J connectivity index is 2.41. The van der Waals surface area contributed by atoms with Gasteiger partial charge in [-0.3, -0.25) is 0 Å². The van der Waals surface area contributed by atoms with Gasteiger partial charge in [0.1, 0.15) is 5.82 Å². The van der Waals surface area contributed by atoms with E-state index in [1.165, 1.54) is 0 Å². The van der Waals surface area contributed by atoms with E-state index >= 15 is 0 Å². The Labute approximate surface area is 130 Å². The first-order chi connectivity index (χ1) is 10.5. The Morgan fingerprint density at radius 1 is 0.909 bits per heavy atom. The van der Waals surface area contributed by atoms with Crippen LogP contribution in [0.4, 0.5) is 13.2 Å². The molecule has 3 nitrogen and oxygen atoms in total. The van der Waals surface area contributed by atoms with E-state index < -0.39 is 26.3 Å². The van der Waals surface area contributed by atoms with Crippen LogP contribution < -0.4 is 0 Å². The first-order valence-corrected chi connectivity index (χ1v) is 9.29. The summed E-state index contributed by atoms with van der Waals surface area (Å²) in [6.45, 7) is 2.40. The fraction of sp³-hybridized carbons (Fsp3) is 0.600. The Morgan fingerprint density at radius 2 is 1.55 bits per heavy atom. The Bertz CT molecular complexity index is 468. The summed E-state index contributed by atoms with van der Waals surface area (Å²) >= 11 is 0. The smallest absolute Gasteiger partial charge is 0.377 e. The number of hydrogen-bond acceptors (Lipinski definition) is 3. The third-order valence-electron chi connectivity index (χ3n) is 3.50. The summed E-state index contributed by atoms with van der Waals surface area (Å²) in [4.78, 5) is 0. The van der Waals surface area contributed by atoms with Crippen molar-refractivity contribution in [2.24, 2.45) is 0 Å². The van der Waals surface area contributed by atoms with Crippen LogP contribution in [0.25, 0.3) is 0 Å². The van der Waals surface area contributed by atoms with E-state index in [1.54, 1.807) is 14.2 Å². The van der Waals surface area contributed by atoms with Gasteiger partial charge in [0.05, 0.1) is 0 Å². The molecule has 0 saturated heterocycles. The van der Waals surface area contributed by atoms with Crippen LogP contribution in [0.15, 0.2) is 12.1 Å². The summed E-state index contributed by atoms with van der Waals surface area (Å²) in [5, 5.41) is 0. The number of unbranched alkanes of at least 4 members (excludes halogenated alkanes) is 2. The predicted molar refractivity (Wildman–Crippen MR) is 80.1 cm³/mol. The van der Waals surface area contributed by atoms with Crippen LogP contribution in [-0.2, 0) is 19.7 Å². The number of hydrogen-bond donors (Lipinski definition) is 0. The second kappa shape index (κ2) is 9.29. The van der Waals surface area contributed by atoms with Crippen molar-refractivity contribution in [2.75, 3.05) is 20.8 Å². The lowest BCUT2D eigenvalue weighted by molar-refractivity contribution is 0.103. The summed E-state index contributed by atoms with van der Waals surface area (Å²) in [6, 6.07) is 2.19. The van der Waals surface area contributed by atoms with E-state index in [2.05, 4.69) is 0 Å². The normalized spacial score (nSPS) is 11.9. The van der Waals surface area contributed by atoms with Crippen molar-refractivity contribution in [2.45, 2.75) is 38.7 Å². The molecular formula is C15H23F3O3Si. The highest BCUT2D eigenvalue weighted by Gasteiger charge is 2.37. The maximum atomic E-state index is 13.5. The maximum absolute atomic E-state index is 13.5. The van der Waals surface area contributed by atoms with E-state index in [9.17, 15) is 13.2 Å². The summed E-state index contributed by atoms with van der Waals surface area (Å²) in [6.07, 6.45) is 2.64. The van der Waals surface area contributed by atoms with Crippen LogP contribution in [-0.4, -0.2) is 29.6 Å². The first kappa shape index (κ1) is 19.2. The average molecular weight is 336 g/mol. The number of halogens is 3. The molecule has 1 rings (SSSR count). The number of rotatable bonds is 10. The lowest BCUT2D eigenvalue weighted by Gasteiger charge is -2.25. The molecule has 0 aliphatic rings. The largest absolute Gasteiger partial charge is 0.500 e. The van der Waals surface area contributed by atoms with Gasteiger partial charge < -0.3 is 13.3 Å². The van der Waals surface area contributed by atoms with Crippen molar-refractivity contribution in [1.29, 1.82) is 0 Å². The summed E-state index contributed by atoms with van der Waals surface area (Å²) in [7, 11) is 0.559. The molecule has 0 heterocycles. The molecule has 0 radical (unpaired) electrons. The summed E-state index contributed by atoms with van der Waals surface area (Å²) < 4.78 is 55.7. The predicted octanol–water partition coefficient (Wildman–Crippen LogP) is 4.08. The van der Waals surface area contributed by atoms with Gasteiger partial charge in [0.2, 0.25) is 0 Å². The highest BCUT2D eigenvalue weighted by molar-refractivity contribution is 6.60. The van der Waals surface area contributed by atoms with Crippen molar-refractivity contribution >= 4 is 8.80 Å². The lowest BCUT2D eigenvalue weighted by Crippen LogP contribution is -2.43. The van der Waals surface area contributed by atoms with E-state index in [4.69, 9.17) is 13.3 Å². The van der Waals surface area contributed by atoms with Gasteiger partial charge in [-0.15, -0.1) is 0 Å². The van der Waals surface area contributed by atoms with E-state index in [0.29, 0.717) is 31.6 Å². The lowest BCUT2D eigenvalue weighted by atomic mass is 10.1. The van der Waals surface area contributed by atoms with Crippen molar-refractivity contribution in [3.8, 4) is 0 Å². The zero-order chi connectivity index (χ0) is 16.6. The molecule has 0 aliphatic carbocycles. The Morgan fingerprint density at radius 3 is 2.14 bits per heavy atom. The van der Waals surface area contributed by atoms with Gasteiger partial charge >= 0.3 is 8.80 Å². The Hall–Kier alpha value is -0.893. The molecule has 0 N–H and O–H groups in total. The SMILES string of the molecule is CCO[Si](CCCCCc1cc(F)c(F)cc1F)(OC)OC. The second-order valence-corrected chi connectivity index (χ2v) is 7.91. The van der Waals surface area contributed by atoms with Gasteiger partial charge in [-0.2, -0.15) is 0 Å². The molecule has 0 amide bonds. The average Bonchev–Trinajstić information content (AvgIpc) is 2.50. The highest BCUT2D eigenvalue weighted by atomic mass is 28.4. The van der Waals surface area contributed by atoms with Gasteiger partial charge in [0, 0.05) is 32.9 Å². The zero-order valence-electron chi connectivity index (χ0n) is 13.3. The van der Waals surface area contributed by atoms with Crippen molar-refractivity contribution in [1.82, 2.24) is 0 Å². The van der Waals surface area contributed by atoms with Crippen LogP contribution in [0.2, 0.25) is 6.04 Å². The van der Waals surface area contributed by atoms with Gasteiger partial charge in [0.25, 0.3) is 0 Å². The molecular weight excluding hydrogens is 313 g/mol. The van der Waals surface area contributed by atoms with Gasteiger partial charge in [0.15, 0.2) is 11.6 Å². The molecule has 0 saturated carbocycles. The minimum Gasteiger partial charge on any atom is -0.377 e. The van der Waals surface area contributed by atoms with Crippen molar-refractivity contribution in [3.05, 3.63) is 35.1 Å². The molecule has 0 atom stereocenters. The Kier molecular flexibility index (Phi) is 8.09. The van der Waals surface area contributed by atoms with Crippen LogP contribution >= 0.6 is 0 Å². The van der Waals surface area contributed by atoms with Gasteiger partial charge in [-0.25, -0.2) is 13.2 Å². The third-order valence-corrected chi connectivity index (χ3v) is 6.44. The van der Waals surface area contributed by atoms with Crippen molar-refractivity contribution in [3.63, 3.8) is 0 Å². The third kappa shape index (κ3) is 5.39. The fourth-order valence-electron chi connectivity index (χ4n) is 2.29. The maximum Gasteiger partial charge on any atom is 0.500 e. The van der Waals surface area contributed by atoms with Crippen LogP contribution in [0.1, 0.15) is 31.7 Å². The molecule has 0 aliphatic heterocycles. The standard InChI is InChI=1S/C15H23F3O3Si/c1-4-21-22(19-2,20-3)9-7-5-6-8-12-10-14(17)15(18)11-13(12)16/h10-11H,4-9H2,1-3H3. The van der Waals surface area contributed by atoms with Crippen molar-refractivity contribution < 1.29 is 26.4 Å². The topological polar surface area (TPSA) is 27.7 Å². The quantitative estimate of drug-likeness (QED) is 0.366. The number of benzene rings is 1. The molecule has 0 bridgehead atoms. The molecule has 0 fully saturated rings. The van der Waals surface area contributed by atoms with E-state index in [0.717, 1.165) is 18.9 Å². The number of aryl methyl sites for hydroxylation is 1. The molecule has 0 spiro atoms. The van der Waals surface area contributed by atoms with E-state index in [-0.39, 0.29) is 5.56 Å². The van der Waals surface area contributed by atoms with Gasteiger partial charge in [-0.05, 0) is 37.8 Å². The van der Waals surface area contributed by atoms with Crippen LogP contribution in [0.5, 0.6) is 0 Å². The minimum absolute atomic E-state index is 0.200. The first-order valence-electron chi connectivity index (χ1n) is 7.35. The molecule has 126 valence electrons. The zero-order valence-corrected chi connectivity index (χ0v) is 14.3. The second-order valence-electron chi connectivity index (χ2n) is 4.94. The minimum atomic E-state index is -2.58. The molecule has 0 unspecified atom stereocenters. The van der Waals surface area contributed by atoms with Crippen LogP contribution in [0, 0.1) is 17.5 Å². The molecule has 1 aromatic rings. The molecule has 7 heteroatoms. The highest BCUT2D eigenvalue weighted by Crippen LogP contribution is 2.20. The summed E-state index contributed by atoms with van der Waals surface area (Å²) in [5.41, 5.74) is 0.200. The summed E-state index contributed by atoms with van der Waals surface area (Å²) in [5.74, 6) is -2.88.